The second kappa shape index (κ2) is 66.1. The van der Waals surface area contributed by atoms with Gasteiger partial charge in [-0.25, -0.2) is 4.57 Å². The van der Waals surface area contributed by atoms with Gasteiger partial charge in [-0.1, -0.05) is 297 Å². The Kier molecular flexibility index (Phi) is 63.6. The second-order valence-electron chi connectivity index (χ2n) is 22.3. The number of phosphoric acid groups is 1. The van der Waals surface area contributed by atoms with Gasteiger partial charge in [0.25, 0.3) is 0 Å². The number of ether oxygens (including phenoxy) is 2. The zero-order chi connectivity index (χ0) is 58.7. The molecule has 0 radical (unpaired) electrons. The van der Waals surface area contributed by atoms with Crippen LogP contribution in [0.15, 0.2) is 97.2 Å². The van der Waals surface area contributed by atoms with Gasteiger partial charge in [-0.3, -0.25) is 18.6 Å². The highest BCUT2D eigenvalue weighted by atomic mass is 31.2. The number of allylic oxidation sites excluding steroid dienone is 16. The van der Waals surface area contributed by atoms with Gasteiger partial charge >= 0.3 is 19.8 Å². The Labute approximate surface area is 499 Å². The Morgan fingerprint density at radius 1 is 0.383 bits per heavy atom. The summed E-state index contributed by atoms with van der Waals surface area (Å²) in [7, 11) is -4.40. The van der Waals surface area contributed by atoms with Crippen molar-refractivity contribution in [3.63, 3.8) is 0 Å². The number of esters is 2. The fraction of sp³-hybridized carbons (Fsp3) is 0.746. The first-order valence-electron chi connectivity index (χ1n) is 33.7. The Bertz CT molecular complexity index is 1650. The van der Waals surface area contributed by atoms with E-state index in [4.69, 9.17) is 24.3 Å². The molecule has 468 valence electrons. The van der Waals surface area contributed by atoms with E-state index in [0.29, 0.717) is 6.42 Å². The number of hydrogen-bond acceptors (Lipinski definition) is 8. The van der Waals surface area contributed by atoms with Crippen molar-refractivity contribution in [1.82, 2.24) is 0 Å². The summed E-state index contributed by atoms with van der Waals surface area (Å²) in [5.41, 5.74) is 5.40. The van der Waals surface area contributed by atoms with Crippen molar-refractivity contribution in [2.45, 2.75) is 315 Å². The van der Waals surface area contributed by atoms with Crippen LogP contribution in [0.2, 0.25) is 0 Å². The minimum Gasteiger partial charge on any atom is -0.462 e. The van der Waals surface area contributed by atoms with Gasteiger partial charge in [-0.2, -0.15) is 0 Å². The van der Waals surface area contributed by atoms with Gasteiger partial charge in [-0.05, 0) is 96.3 Å². The van der Waals surface area contributed by atoms with Crippen LogP contribution in [0, 0.1) is 0 Å². The Morgan fingerprint density at radius 3 is 1.01 bits per heavy atom. The molecule has 0 aliphatic heterocycles. The van der Waals surface area contributed by atoms with Gasteiger partial charge in [0.2, 0.25) is 0 Å². The number of nitrogens with two attached hydrogens (primary N) is 1. The van der Waals surface area contributed by atoms with Crippen LogP contribution in [0.4, 0.5) is 0 Å². The smallest absolute Gasteiger partial charge is 0.462 e. The van der Waals surface area contributed by atoms with E-state index in [1.807, 2.05) is 0 Å². The third-order valence-electron chi connectivity index (χ3n) is 14.5. The monoisotopic (exact) mass is 1150 g/mol. The summed E-state index contributed by atoms with van der Waals surface area (Å²) in [5, 5.41) is 0. The number of carbonyl (C=O) groups excluding carboxylic acids is 2. The highest BCUT2D eigenvalue weighted by molar-refractivity contribution is 7.47. The summed E-state index contributed by atoms with van der Waals surface area (Å²) in [5.74, 6) is -0.824. The number of rotatable bonds is 63. The van der Waals surface area contributed by atoms with Gasteiger partial charge in [-0.15, -0.1) is 0 Å². The molecule has 0 aromatic carbocycles. The van der Waals surface area contributed by atoms with E-state index >= 15 is 0 Å². The zero-order valence-corrected chi connectivity index (χ0v) is 53.4. The molecular formula is C71H126NO8P. The Morgan fingerprint density at radius 2 is 0.679 bits per heavy atom. The average Bonchev–Trinajstić information content (AvgIpc) is 3.46. The first-order valence-corrected chi connectivity index (χ1v) is 35.2. The molecular weight excluding hydrogens is 1030 g/mol. The predicted molar refractivity (Wildman–Crippen MR) is 348 cm³/mol. The normalized spacial score (nSPS) is 13.6. The van der Waals surface area contributed by atoms with Crippen molar-refractivity contribution in [2.24, 2.45) is 5.73 Å². The van der Waals surface area contributed by atoms with Crippen LogP contribution < -0.4 is 5.73 Å². The summed E-state index contributed by atoms with van der Waals surface area (Å²) in [6, 6.07) is 0. The third kappa shape index (κ3) is 65.9. The van der Waals surface area contributed by atoms with Crippen LogP contribution in [0.1, 0.15) is 309 Å². The van der Waals surface area contributed by atoms with Crippen molar-refractivity contribution in [2.75, 3.05) is 26.4 Å². The zero-order valence-electron chi connectivity index (χ0n) is 52.5. The van der Waals surface area contributed by atoms with E-state index in [1.165, 1.54) is 186 Å². The molecule has 9 nitrogen and oxygen atoms in total. The molecule has 0 spiro atoms. The molecule has 0 fully saturated rings. The van der Waals surface area contributed by atoms with Gasteiger partial charge < -0.3 is 20.1 Å². The van der Waals surface area contributed by atoms with E-state index in [2.05, 4.69) is 111 Å². The Balaban J connectivity index is 3.89. The summed E-state index contributed by atoms with van der Waals surface area (Å²) < 4.78 is 33.2. The molecule has 0 aliphatic carbocycles. The van der Waals surface area contributed by atoms with Crippen LogP contribution in [0.3, 0.4) is 0 Å². The van der Waals surface area contributed by atoms with Crippen LogP contribution in [0.25, 0.3) is 0 Å². The minimum atomic E-state index is -4.40. The summed E-state index contributed by atoms with van der Waals surface area (Å²) in [6.45, 7) is 3.65. The van der Waals surface area contributed by atoms with Crippen LogP contribution >= 0.6 is 7.82 Å². The number of hydrogen-bond donors (Lipinski definition) is 2. The fourth-order valence-electron chi connectivity index (χ4n) is 9.50. The third-order valence-corrected chi connectivity index (χ3v) is 15.4. The van der Waals surface area contributed by atoms with Crippen LogP contribution in [0.5, 0.6) is 0 Å². The Hall–Kier alpha value is -3.07. The summed E-state index contributed by atoms with van der Waals surface area (Å²) >= 11 is 0. The molecule has 0 saturated heterocycles. The van der Waals surface area contributed by atoms with Gasteiger partial charge in [0.05, 0.1) is 13.2 Å². The largest absolute Gasteiger partial charge is 0.472 e. The van der Waals surface area contributed by atoms with Crippen molar-refractivity contribution in [3.05, 3.63) is 97.2 Å². The second-order valence-corrected chi connectivity index (χ2v) is 23.8. The molecule has 81 heavy (non-hydrogen) atoms. The molecule has 0 aromatic heterocycles. The van der Waals surface area contributed by atoms with E-state index in [9.17, 15) is 19.0 Å². The molecule has 0 saturated carbocycles. The van der Waals surface area contributed by atoms with Crippen molar-refractivity contribution in [3.8, 4) is 0 Å². The predicted octanol–water partition coefficient (Wildman–Crippen LogP) is 22.0. The summed E-state index contributed by atoms with van der Waals surface area (Å²) in [4.78, 5) is 35.3. The first-order chi connectivity index (χ1) is 39.8. The molecule has 0 aliphatic rings. The SMILES string of the molecule is CC/C=C\C/C=C\C/C=C\C/C=C\C/C=C\CCCCCCCCCCCCCC(=O)OC(COC(=O)CCCCCCCCCCCCCCCCCCCC/C=C\C/C=C\C/C=C\CCCCCCC)COP(=O)(O)OCCN. The lowest BCUT2D eigenvalue weighted by Crippen LogP contribution is -2.29. The van der Waals surface area contributed by atoms with E-state index < -0.39 is 26.5 Å². The molecule has 0 amide bonds. The van der Waals surface area contributed by atoms with Gasteiger partial charge in [0.15, 0.2) is 6.10 Å². The van der Waals surface area contributed by atoms with Crippen LogP contribution in [-0.4, -0.2) is 49.3 Å². The lowest BCUT2D eigenvalue weighted by molar-refractivity contribution is -0.161. The van der Waals surface area contributed by atoms with E-state index in [1.54, 1.807) is 0 Å². The standard InChI is InChI=1S/C71H126NO8P/c1-3-5-7-9-11-13-15-17-19-21-23-25-27-29-31-32-33-34-35-36-38-39-41-43-45-47-49-51-53-55-57-59-61-63-70(73)77-67-69(68-79-81(75,76)78-66-65-72)80-71(74)64-62-60-58-56-54-52-50-48-46-44-42-40-37-30-28-26-24-22-20-18-16-14-12-10-8-6-4-2/h6,8,12,14-15,17-18,20-21,23-24,26-27,29-30,37,69H,3-5,7,9-11,13,16,19,22,25,28,31-36,38-68,72H2,1-2H3,(H,75,76)/b8-6-,14-12-,17-15-,20-18-,23-21-,26-24-,29-27-,37-30-. The molecule has 0 aromatic rings. The average molecular weight is 1150 g/mol. The lowest BCUT2D eigenvalue weighted by Gasteiger charge is -2.19. The van der Waals surface area contributed by atoms with Gasteiger partial charge in [0, 0.05) is 19.4 Å². The maximum Gasteiger partial charge on any atom is 0.472 e. The fourth-order valence-corrected chi connectivity index (χ4v) is 10.3. The lowest BCUT2D eigenvalue weighted by atomic mass is 10.0. The topological polar surface area (TPSA) is 134 Å². The van der Waals surface area contributed by atoms with Crippen molar-refractivity contribution in [1.29, 1.82) is 0 Å². The van der Waals surface area contributed by atoms with E-state index in [0.717, 1.165) is 89.9 Å². The molecule has 10 heteroatoms. The van der Waals surface area contributed by atoms with Crippen LogP contribution in [-0.2, 0) is 32.7 Å². The first kappa shape index (κ1) is 77.9. The highest BCUT2D eigenvalue weighted by Gasteiger charge is 2.26. The van der Waals surface area contributed by atoms with Crippen molar-refractivity contribution < 1.29 is 37.6 Å². The van der Waals surface area contributed by atoms with Gasteiger partial charge in [0.1, 0.15) is 6.61 Å². The quantitative estimate of drug-likeness (QED) is 0.0264. The molecule has 0 rings (SSSR count). The molecule has 0 heterocycles. The van der Waals surface area contributed by atoms with E-state index in [-0.39, 0.29) is 38.6 Å². The number of phosphoric ester groups is 1. The number of carbonyl (C=O) groups is 2. The van der Waals surface area contributed by atoms with Crippen molar-refractivity contribution >= 4 is 19.8 Å². The minimum absolute atomic E-state index is 0.0502. The molecule has 2 unspecified atom stereocenters. The maximum absolute atomic E-state index is 12.7. The highest BCUT2D eigenvalue weighted by Crippen LogP contribution is 2.43. The molecule has 2 atom stereocenters. The number of unbranched alkanes of at least 4 members (excludes halogenated alkanes) is 34. The molecule has 3 N–H and O–H groups in total. The molecule has 0 bridgehead atoms. The maximum atomic E-state index is 12.7. The summed E-state index contributed by atoms with van der Waals surface area (Å²) in [6.07, 6.45) is 89.2.